The molecule has 0 radical (unpaired) electrons. The second kappa shape index (κ2) is 7.66. The number of methoxy groups -OCH3 is 1. The van der Waals surface area contributed by atoms with Gasteiger partial charge in [-0.3, -0.25) is 4.79 Å². The summed E-state index contributed by atoms with van der Waals surface area (Å²) < 4.78 is 5.91. The van der Waals surface area contributed by atoms with Gasteiger partial charge in [-0.05, 0) is 24.6 Å². The lowest BCUT2D eigenvalue weighted by Crippen LogP contribution is -2.36. The van der Waals surface area contributed by atoms with Crippen LogP contribution in [0.15, 0.2) is 22.7 Å². The maximum absolute atomic E-state index is 11.7. The average Bonchev–Trinajstić information content (AvgIpc) is 2.26. The summed E-state index contributed by atoms with van der Waals surface area (Å²) in [5, 5.41) is 2.78. The van der Waals surface area contributed by atoms with E-state index in [0.717, 1.165) is 15.7 Å². The van der Waals surface area contributed by atoms with Crippen LogP contribution in [0.25, 0.3) is 0 Å². The molecule has 0 spiro atoms. The van der Waals surface area contributed by atoms with E-state index in [1.807, 2.05) is 25.1 Å². The summed E-state index contributed by atoms with van der Waals surface area (Å²) in [5.41, 5.74) is 7.14. The molecule has 1 unspecified atom stereocenters. The van der Waals surface area contributed by atoms with Crippen LogP contribution < -0.4 is 11.1 Å². The molecule has 0 saturated carbocycles. The Bertz CT molecular complexity index is 384. The lowest BCUT2D eigenvalue weighted by atomic mass is 10.2. The van der Waals surface area contributed by atoms with Crippen molar-refractivity contribution in [2.45, 2.75) is 13.0 Å². The number of hydrogen-bond donors (Lipinski definition) is 2. The van der Waals surface area contributed by atoms with Gasteiger partial charge in [-0.25, -0.2) is 0 Å². The van der Waals surface area contributed by atoms with Gasteiger partial charge in [0.1, 0.15) is 6.10 Å². The Labute approximate surface area is 115 Å². The molecule has 4 nitrogen and oxygen atoms in total. The van der Waals surface area contributed by atoms with Crippen LogP contribution in [0.4, 0.5) is 5.69 Å². The first-order valence-corrected chi connectivity index (χ1v) is 5.68. The van der Waals surface area contributed by atoms with E-state index in [0.29, 0.717) is 0 Å². The number of nitrogens with one attached hydrogen (secondary N) is 1. The first-order chi connectivity index (χ1) is 7.60. The molecule has 1 amide bonds. The highest BCUT2D eigenvalue weighted by Gasteiger charge is 2.16. The monoisotopic (exact) mass is 322 g/mol. The molecule has 0 bridgehead atoms. The largest absolute Gasteiger partial charge is 0.370 e. The minimum absolute atomic E-state index is 0. The summed E-state index contributed by atoms with van der Waals surface area (Å²) in [6.07, 6.45) is -0.613. The number of anilines is 1. The second-order valence-corrected chi connectivity index (χ2v) is 4.22. The Morgan fingerprint density at radius 2 is 2.24 bits per heavy atom. The Hall–Kier alpha value is -0.620. The highest BCUT2D eigenvalue weighted by atomic mass is 79.9. The highest BCUT2D eigenvalue weighted by Crippen LogP contribution is 2.23. The number of ether oxygens (including phenoxy) is 1. The van der Waals surface area contributed by atoms with Gasteiger partial charge in [-0.2, -0.15) is 0 Å². The summed E-state index contributed by atoms with van der Waals surface area (Å²) in [4.78, 5) is 11.7. The van der Waals surface area contributed by atoms with Crippen molar-refractivity contribution in [2.75, 3.05) is 19.0 Å². The lowest BCUT2D eigenvalue weighted by Gasteiger charge is -2.14. The van der Waals surface area contributed by atoms with E-state index < -0.39 is 6.10 Å². The fourth-order valence-electron chi connectivity index (χ4n) is 1.27. The molecule has 1 rings (SSSR count). The summed E-state index contributed by atoms with van der Waals surface area (Å²) in [6.45, 7) is 2.08. The van der Waals surface area contributed by atoms with Crippen molar-refractivity contribution in [3.8, 4) is 0 Å². The zero-order valence-corrected chi connectivity index (χ0v) is 12.1. The highest BCUT2D eigenvalue weighted by molar-refractivity contribution is 9.10. The van der Waals surface area contributed by atoms with Crippen LogP contribution in [0.3, 0.4) is 0 Å². The molecule has 0 aliphatic carbocycles. The van der Waals surface area contributed by atoms with Crippen molar-refractivity contribution in [1.82, 2.24) is 0 Å². The molecular formula is C11H16BrClN2O2. The maximum atomic E-state index is 11.7. The average molecular weight is 324 g/mol. The van der Waals surface area contributed by atoms with Crippen LogP contribution in [0.1, 0.15) is 5.56 Å². The van der Waals surface area contributed by atoms with Crippen LogP contribution in [-0.2, 0) is 9.53 Å². The molecule has 6 heteroatoms. The quantitative estimate of drug-likeness (QED) is 0.892. The normalized spacial score (nSPS) is 11.5. The lowest BCUT2D eigenvalue weighted by molar-refractivity contribution is -0.125. The summed E-state index contributed by atoms with van der Waals surface area (Å²) >= 11 is 3.40. The standard InChI is InChI=1S/C11H15BrN2O2.ClH/c1-7-8(12)4-3-5-9(7)14-11(15)10(6-13)16-2;/h3-5,10H,6,13H2,1-2H3,(H,14,15);1H. The van der Waals surface area contributed by atoms with Crippen molar-refractivity contribution in [3.05, 3.63) is 28.2 Å². The van der Waals surface area contributed by atoms with Crippen LogP contribution >= 0.6 is 28.3 Å². The molecule has 96 valence electrons. The number of benzene rings is 1. The third kappa shape index (κ3) is 4.27. The van der Waals surface area contributed by atoms with E-state index in [9.17, 15) is 4.79 Å². The van der Waals surface area contributed by atoms with Gasteiger partial charge < -0.3 is 15.8 Å². The van der Waals surface area contributed by atoms with E-state index >= 15 is 0 Å². The second-order valence-electron chi connectivity index (χ2n) is 3.36. The van der Waals surface area contributed by atoms with E-state index in [1.54, 1.807) is 0 Å². The molecule has 1 aromatic rings. The van der Waals surface area contributed by atoms with Crippen LogP contribution in [0.2, 0.25) is 0 Å². The molecule has 0 aromatic heterocycles. The zero-order valence-electron chi connectivity index (χ0n) is 9.70. The van der Waals surface area contributed by atoms with Gasteiger partial charge in [0.2, 0.25) is 0 Å². The number of carbonyl (C=O) groups is 1. The van der Waals surface area contributed by atoms with Gasteiger partial charge in [0, 0.05) is 23.8 Å². The number of carbonyl (C=O) groups excluding carboxylic acids is 1. The van der Waals surface area contributed by atoms with Gasteiger partial charge >= 0.3 is 0 Å². The molecule has 0 aliphatic rings. The number of halogens is 2. The van der Waals surface area contributed by atoms with Gasteiger partial charge in [0.05, 0.1) is 0 Å². The summed E-state index contributed by atoms with van der Waals surface area (Å²) in [5.74, 6) is -0.230. The minimum atomic E-state index is -0.613. The van der Waals surface area contributed by atoms with Gasteiger partial charge in [-0.15, -0.1) is 12.4 Å². The third-order valence-electron chi connectivity index (χ3n) is 2.32. The van der Waals surface area contributed by atoms with E-state index in [4.69, 9.17) is 10.5 Å². The maximum Gasteiger partial charge on any atom is 0.254 e. The first kappa shape index (κ1) is 16.4. The number of nitrogens with two attached hydrogens (primary N) is 1. The molecule has 0 aliphatic heterocycles. The number of rotatable bonds is 4. The van der Waals surface area contributed by atoms with Crippen molar-refractivity contribution in [2.24, 2.45) is 5.73 Å². The van der Waals surface area contributed by atoms with Crippen molar-refractivity contribution in [1.29, 1.82) is 0 Å². The SMILES string of the molecule is COC(CN)C(=O)Nc1cccc(Br)c1C.Cl. The molecular weight excluding hydrogens is 307 g/mol. The van der Waals surface area contributed by atoms with Crippen LogP contribution in [0, 0.1) is 6.92 Å². The van der Waals surface area contributed by atoms with Crippen molar-refractivity contribution >= 4 is 39.9 Å². The van der Waals surface area contributed by atoms with Gasteiger partial charge in [0.15, 0.2) is 0 Å². The van der Waals surface area contributed by atoms with Crippen LogP contribution in [-0.4, -0.2) is 25.7 Å². The van der Waals surface area contributed by atoms with Gasteiger partial charge in [-0.1, -0.05) is 22.0 Å². The van der Waals surface area contributed by atoms with Gasteiger partial charge in [0.25, 0.3) is 5.91 Å². The summed E-state index contributed by atoms with van der Waals surface area (Å²) in [7, 11) is 1.46. The molecule has 0 fully saturated rings. The van der Waals surface area contributed by atoms with Crippen molar-refractivity contribution < 1.29 is 9.53 Å². The smallest absolute Gasteiger partial charge is 0.254 e. The molecule has 1 aromatic carbocycles. The Balaban J connectivity index is 0.00000256. The molecule has 0 heterocycles. The molecule has 1 atom stereocenters. The fraction of sp³-hybridized carbons (Fsp3) is 0.364. The molecule has 3 N–H and O–H groups in total. The topological polar surface area (TPSA) is 64.3 Å². The predicted octanol–water partition coefficient (Wildman–Crippen LogP) is 2.09. The van der Waals surface area contributed by atoms with Crippen LogP contribution in [0.5, 0.6) is 0 Å². The Morgan fingerprint density at radius 1 is 1.59 bits per heavy atom. The number of hydrogen-bond acceptors (Lipinski definition) is 3. The predicted molar refractivity (Wildman–Crippen MR) is 74.6 cm³/mol. The number of amides is 1. The third-order valence-corrected chi connectivity index (χ3v) is 3.18. The van der Waals surface area contributed by atoms with E-state index in [2.05, 4.69) is 21.2 Å². The fourth-order valence-corrected chi connectivity index (χ4v) is 1.63. The van der Waals surface area contributed by atoms with E-state index in [-0.39, 0.29) is 24.9 Å². The zero-order chi connectivity index (χ0) is 12.1. The Morgan fingerprint density at radius 3 is 2.76 bits per heavy atom. The molecule has 17 heavy (non-hydrogen) atoms. The van der Waals surface area contributed by atoms with E-state index in [1.165, 1.54) is 7.11 Å². The summed E-state index contributed by atoms with van der Waals surface area (Å²) in [6, 6.07) is 5.61. The van der Waals surface area contributed by atoms with Crippen molar-refractivity contribution in [3.63, 3.8) is 0 Å². The minimum Gasteiger partial charge on any atom is -0.370 e. The molecule has 0 saturated heterocycles. The first-order valence-electron chi connectivity index (χ1n) is 4.89. The Kier molecular flexibility index (Phi) is 7.38.